The summed E-state index contributed by atoms with van der Waals surface area (Å²) >= 11 is 0. The molecule has 1 aliphatic rings. The molecule has 1 rings (SSSR count). The van der Waals surface area contributed by atoms with Crippen LogP contribution < -0.4 is 5.73 Å². The van der Waals surface area contributed by atoms with E-state index in [9.17, 15) is 15.0 Å². The van der Waals surface area contributed by atoms with Gasteiger partial charge in [-0.15, -0.1) is 0 Å². The lowest BCUT2D eigenvalue weighted by atomic mass is 10.1. The molecule has 0 amide bonds. The van der Waals surface area contributed by atoms with E-state index in [0.717, 1.165) is 0 Å². The summed E-state index contributed by atoms with van der Waals surface area (Å²) in [6.45, 7) is 2.79. The van der Waals surface area contributed by atoms with Crippen molar-refractivity contribution in [2.24, 2.45) is 5.73 Å². The molecule has 0 unspecified atom stereocenters. The average Bonchev–Trinajstić information content (AvgIpc) is 2.51. The minimum Gasteiger partial charge on any atom is -0.499 e. The molecule has 0 saturated carbocycles. The molecule has 1 aliphatic heterocycles. The van der Waals surface area contributed by atoms with Crippen LogP contribution in [-0.2, 0) is 14.3 Å². The van der Waals surface area contributed by atoms with Crippen LogP contribution >= 0.6 is 0 Å². The molecule has 98 valence electrons. The van der Waals surface area contributed by atoms with Crippen molar-refractivity contribution < 1.29 is 29.6 Å². The molecule has 0 aliphatic carbocycles. The third-order valence-corrected chi connectivity index (χ3v) is 2.06. The Labute approximate surface area is 98.4 Å². The number of nitrogens with two attached hydrogens (primary N) is 1. The van der Waals surface area contributed by atoms with Crippen LogP contribution in [-0.4, -0.2) is 52.2 Å². The van der Waals surface area contributed by atoms with Gasteiger partial charge in [-0.1, -0.05) is 0 Å². The summed E-state index contributed by atoms with van der Waals surface area (Å²) in [5, 5.41) is 27.6. The number of cyclic esters (lactones) is 1. The summed E-state index contributed by atoms with van der Waals surface area (Å²) in [6, 6.07) is 0. The van der Waals surface area contributed by atoms with Crippen molar-refractivity contribution in [2.45, 2.75) is 31.6 Å². The normalized spacial score (nSPS) is 22.6. The number of hydrogen-bond acceptors (Lipinski definition) is 7. The molecule has 0 spiro atoms. The lowest BCUT2D eigenvalue weighted by Crippen LogP contribution is -2.39. The summed E-state index contributed by atoms with van der Waals surface area (Å²) in [7, 11) is 0. The molecule has 1 heterocycles. The zero-order valence-corrected chi connectivity index (χ0v) is 9.71. The summed E-state index contributed by atoms with van der Waals surface area (Å²) in [5.41, 5.74) is 5.01. The van der Waals surface area contributed by atoms with E-state index in [0.29, 0.717) is 0 Å². The van der Waals surface area contributed by atoms with Crippen molar-refractivity contribution >= 4 is 5.97 Å². The number of aliphatic hydroxyl groups excluding tert-OH is 3. The van der Waals surface area contributed by atoms with Crippen molar-refractivity contribution in [1.82, 2.24) is 0 Å². The molecule has 2 atom stereocenters. The van der Waals surface area contributed by atoms with Crippen molar-refractivity contribution in [2.75, 3.05) is 13.2 Å². The summed E-state index contributed by atoms with van der Waals surface area (Å²) in [6.07, 6.45) is -2.55. The first-order chi connectivity index (χ1) is 7.76. The Morgan fingerprint density at radius 2 is 2.18 bits per heavy atom. The third-order valence-electron chi connectivity index (χ3n) is 2.06. The molecule has 7 heteroatoms. The van der Waals surface area contributed by atoms with Crippen LogP contribution in [0.2, 0.25) is 0 Å². The van der Waals surface area contributed by atoms with E-state index in [1.807, 2.05) is 0 Å². The van der Waals surface area contributed by atoms with Gasteiger partial charge in [0.1, 0.15) is 12.7 Å². The highest BCUT2D eigenvalue weighted by atomic mass is 16.6. The maximum absolute atomic E-state index is 11.1. The smallest absolute Gasteiger partial charge is 0.378 e. The van der Waals surface area contributed by atoms with E-state index in [1.54, 1.807) is 13.8 Å². The SMILES string of the molecule is CC(C)(N)COC1=C(O)C(=O)O[C@@H]1[C@@H](O)CO. The average molecular weight is 247 g/mol. The maximum atomic E-state index is 11.1. The van der Waals surface area contributed by atoms with E-state index in [4.69, 9.17) is 15.6 Å². The number of carbonyl (C=O) groups excluding carboxylic acids is 1. The molecule has 0 aromatic rings. The first-order valence-electron chi connectivity index (χ1n) is 5.11. The van der Waals surface area contributed by atoms with Gasteiger partial charge in [0, 0.05) is 5.54 Å². The summed E-state index contributed by atoms with van der Waals surface area (Å²) in [4.78, 5) is 11.1. The van der Waals surface area contributed by atoms with E-state index >= 15 is 0 Å². The monoisotopic (exact) mass is 247 g/mol. The maximum Gasteiger partial charge on any atom is 0.378 e. The van der Waals surface area contributed by atoms with Gasteiger partial charge >= 0.3 is 5.97 Å². The highest BCUT2D eigenvalue weighted by Gasteiger charge is 2.40. The topological polar surface area (TPSA) is 122 Å². The first-order valence-corrected chi connectivity index (χ1v) is 5.11. The van der Waals surface area contributed by atoms with Gasteiger partial charge in [-0.25, -0.2) is 4.79 Å². The zero-order chi connectivity index (χ0) is 13.2. The quantitative estimate of drug-likeness (QED) is 0.449. The van der Waals surface area contributed by atoms with Crippen LogP contribution in [0.4, 0.5) is 0 Å². The Morgan fingerprint density at radius 1 is 1.59 bits per heavy atom. The molecule has 7 nitrogen and oxygen atoms in total. The summed E-state index contributed by atoms with van der Waals surface area (Å²) in [5.74, 6) is -1.89. The molecule has 0 bridgehead atoms. The minimum atomic E-state index is -1.35. The van der Waals surface area contributed by atoms with Crippen molar-refractivity contribution in [3.8, 4) is 0 Å². The second-order valence-electron chi connectivity index (χ2n) is 4.57. The van der Waals surface area contributed by atoms with Crippen LogP contribution in [0.25, 0.3) is 0 Å². The number of esters is 1. The van der Waals surface area contributed by atoms with Crippen molar-refractivity contribution in [3.63, 3.8) is 0 Å². The van der Waals surface area contributed by atoms with Crippen molar-refractivity contribution in [1.29, 1.82) is 0 Å². The van der Waals surface area contributed by atoms with E-state index < -0.39 is 36.1 Å². The molecule has 0 fully saturated rings. The molecule has 0 aromatic heterocycles. The largest absolute Gasteiger partial charge is 0.499 e. The molecule has 0 radical (unpaired) electrons. The van der Waals surface area contributed by atoms with Gasteiger partial charge in [0.25, 0.3) is 0 Å². The third kappa shape index (κ3) is 3.32. The molecule has 17 heavy (non-hydrogen) atoms. The standard InChI is InChI=1S/C10H17NO6/c1-10(2,11)4-16-8-6(14)9(15)17-7(8)5(13)3-12/h5,7,12-14H,3-4,11H2,1-2H3/t5-,7+/m0/s1. The van der Waals surface area contributed by atoms with E-state index in [2.05, 4.69) is 4.74 Å². The second-order valence-corrected chi connectivity index (χ2v) is 4.57. The van der Waals surface area contributed by atoms with Gasteiger partial charge in [-0.2, -0.15) is 0 Å². The lowest BCUT2D eigenvalue weighted by molar-refractivity contribution is -0.148. The lowest BCUT2D eigenvalue weighted by Gasteiger charge is -2.23. The molecule has 0 saturated heterocycles. The Balaban J connectivity index is 2.79. The number of carbonyl (C=O) groups is 1. The first kappa shape index (κ1) is 13.8. The van der Waals surface area contributed by atoms with Gasteiger partial charge in [0.2, 0.25) is 5.76 Å². The predicted molar refractivity (Wildman–Crippen MR) is 56.8 cm³/mol. The Morgan fingerprint density at radius 3 is 2.65 bits per heavy atom. The number of aliphatic hydroxyl groups is 3. The highest BCUT2D eigenvalue weighted by molar-refractivity contribution is 5.89. The van der Waals surface area contributed by atoms with Crippen LogP contribution in [0.1, 0.15) is 13.8 Å². The van der Waals surface area contributed by atoms with Crippen LogP contribution in [0, 0.1) is 0 Å². The molecule has 5 N–H and O–H groups in total. The summed E-state index contributed by atoms with van der Waals surface area (Å²) < 4.78 is 9.84. The highest BCUT2D eigenvalue weighted by Crippen LogP contribution is 2.25. The number of rotatable bonds is 5. The van der Waals surface area contributed by atoms with E-state index in [1.165, 1.54) is 0 Å². The van der Waals surface area contributed by atoms with E-state index in [-0.39, 0.29) is 12.4 Å². The van der Waals surface area contributed by atoms with Crippen LogP contribution in [0.5, 0.6) is 0 Å². The zero-order valence-electron chi connectivity index (χ0n) is 9.71. The Bertz CT molecular complexity index is 332. The van der Waals surface area contributed by atoms with Crippen LogP contribution in [0.3, 0.4) is 0 Å². The fourth-order valence-electron chi connectivity index (χ4n) is 1.22. The fourth-order valence-corrected chi connectivity index (χ4v) is 1.22. The molecular weight excluding hydrogens is 230 g/mol. The Kier molecular flexibility index (Phi) is 3.97. The second kappa shape index (κ2) is 4.91. The van der Waals surface area contributed by atoms with Gasteiger partial charge in [-0.05, 0) is 13.8 Å². The van der Waals surface area contributed by atoms with Gasteiger partial charge in [0.15, 0.2) is 11.9 Å². The molecule has 0 aromatic carbocycles. The van der Waals surface area contributed by atoms with Gasteiger partial charge < -0.3 is 30.5 Å². The van der Waals surface area contributed by atoms with Crippen LogP contribution in [0.15, 0.2) is 11.5 Å². The minimum absolute atomic E-state index is 0.0255. The van der Waals surface area contributed by atoms with Gasteiger partial charge in [0.05, 0.1) is 6.61 Å². The predicted octanol–water partition coefficient (Wildman–Crippen LogP) is -1.21. The number of hydrogen-bond donors (Lipinski definition) is 4. The molecular formula is C10H17NO6. The van der Waals surface area contributed by atoms with Gasteiger partial charge in [-0.3, -0.25) is 0 Å². The fraction of sp³-hybridized carbons (Fsp3) is 0.700. The number of ether oxygens (including phenoxy) is 2. The van der Waals surface area contributed by atoms with Crippen molar-refractivity contribution in [3.05, 3.63) is 11.5 Å². The Hall–Kier alpha value is -1.31.